The first-order chi connectivity index (χ1) is 60.0. The first-order valence-corrected chi connectivity index (χ1v) is 39.1. The summed E-state index contributed by atoms with van der Waals surface area (Å²) < 4.78 is 0. The zero-order chi connectivity index (χ0) is 82.6. The summed E-state index contributed by atoms with van der Waals surface area (Å²) in [4.78, 5) is 47.3. The topological polar surface area (TPSA) is 142 Å². The second-order valence-electron chi connectivity index (χ2n) is 26.3. The molecule has 0 aliphatic heterocycles. The van der Waals surface area contributed by atoms with Gasteiger partial charge in [0.05, 0.1) is 5.69 Å². The second kappa shape index (κ2) is 53.9. The minimum atomic E-state index is 0. The maximum absolute atomic E-state index is 4.41. The predicted octanol–water partition coefficient (Wildman–Crippen LogP) is 25.5. The summed E-state index contributed by atoms with van der Waals surface area (Å²) in [5.74, 6) is 0.712. The molecular formula is C110H79Ir4N11-8. The molecule has 0 spiro atoms. The van der Waals surface area contributed by atoms with E-state index < -0.39 is 0 Å². The molecule has 10 aromatic heterocycles. The fraction of sp³-hybridized carbons (Fsp3) is 0.00909. The molecule has 0 bridgehead atoms. The first kappa shape index (κ1) is 95.1. The Morgan fingerprint density at radius 3 is 0.760 bits per heavy atom. The molecule has 0 unspecified atom stereocenters. The molecule has 125 heavy (non-hydrogen) atoms. The Kier molecular flexibility index (Phi) is 41.0. The van der Waals surface area contributed by atoms with Crippen molar-refractivity contribution in [3.05, 3.63) is 517 Å². The van der Waals surface area contributed by atoms with Crippen molar-refractivity contribution < 1.29 is 80.4 Å². The van der Waals surface area contributed by atoms with Crippen LogP contribution in [0.5, 0.6) is 0 Å². The molecule has 10 aromatic carbocycles. The number of aryl methyl sites for hydroxylation is 1. The van der Waals surface area contributed by atoms with Crippen LogP contribution in [0.1, 0.15) is 5.69 Å². The van der Waals surface area contributed by atoms with Gasteiger partial charge >= 0.3 is 0 Å². The molecule has 4 radical (unpaired) electrons. The van der Waals surface area contributed by atoms with E-state index in [4.69, 9.17) is 0 Å². The third-order valence-corrected chi connectivity index (χ3v) is 17.8. The average Bonchev–Trinajstić information content (AvgIpc) is 0.845. The largest absolute Gasteiger partial charge is 0.305 e. The van der Waals surface area contributed by atoms with Crippen LogP contribution in [0, 0.1) is 55.5 Å². The summed E-state index contributed by atoms with van der Waals surface area (Å²) >= 11 is 0. The molecule has 0 amide bonds. The van der Waals surface area contributed by atoms with Gasteiger partial charge in [-0.1, -0.05) is 163 Å². The van der Waals surface area contributed by atoms with E-state index in [0.717, 1.165) is 113 Å². The number of benzene rings is 10. The second-order valence-corrected chi connectivity index (χ2v) is 26.3. The van der Waals surface area contributed by atoms with E-state index in [0.29, 0.717) is 5.82 Å². The quantitative estimate of drug-likeness (QED) is 0.108. The van der Waals surface area contributed by atoms with E-state index in [9.17, 15) is 0 Å². The van der Waals surface area contributed by atoms with Crippen LogP contribution in [0.15, 0.2) is 462 Å². The molecule has 0 atom stereocenters. The van der Waals surface area contributed by atoms with E-state index in [2.05, 4.69) is 146 Å². The van der Waals surface area contributed by atoms with E-state index >= 15 is 0 Å². The molecule has 15 heteroatoms. The molecular weight excluding hydrogens is 2240 g/mol. The number of nitrogens with zero attached hydrogens (tertiary/aromatic N) is 11. The molecule has 0 fully saturated rings. The molecule has 10 heterocycles. The zero-order valence-electron chi connectivity index (χ0n) is 67.6. The minimum absolute atomic E-state index is 0. The average molecular weight is 2320 g/mol. The Hall–Kier alpha value is -13.8. The molecule has 618 valence electrons. The van der Waals surface area contributed by atoms with Gasteiger partial charge in [-0.25, -0.2) is 9.97 Å². The number of aromatic nitrogens is 11. The zero-order valence-corrected chi connectivity index (χ0v) is 77.2. The molecule has 11 nitrogen and oxygen atoms in total. The van der Waals surface area contributed by atoms with Crippen molar-refractivity contribution in [3.63, 3.8) is 0 Å². The van der Waals surface area contributed by atoms with Crippen molar-refractivity contribution in [3.8, 4) is 135 Å². The van der Waals surface area contributed by atoms with Crippen LogP contribution in [0.3, 0.4) is 0 Å². The SMILES string of the molecule is Cc1cccc(-c2[c-]cccc2)n1.[Ir].[Ir].[Ir].[Ir].[c-]1ccc(-c2ccccn2)cc1-c1ccccn1.[c-]1ccc(-c2ncccn2)cc1-c1ccccn1.[c-]1ccccc1-c1cc(-c2ccccc2)ccn1.[c-]1ccccc1-c1cc(-c2ccccc2)ccn1.[c-]1ccccc1-c1ccccn1.[c-]1ccccc1-c1ccccn1.[c-]1ccccc1-c1ccccn1. The predicted molar refractivity (Wildman–Crippen MR) is 488 cm³/mol. The molecule has 20 aromatic rings. The van der Waals surface area contributed by atoms with Gasteiger partial charge in [-0.2, -0.15) is 0 Å². The smallest absolute Gasteiger partial charge is 0.140 e. The van der Waals surface area contributed by atoms with Crippen LogP contribution in [0.2, 0.25) is 0 Å². The summed E-state index contributed by atoms with van der Waals surface area (Å²) in [6.45, 7) is 1.99. The van der Waals surface area contributed by atoms with Crippen LogP contribution in [-0.2, 0) is 80.4 Å². The molecule has 20 rings (SSSR count). The Morgan fingerprint density at radius 2 is 0.432 bits per heavy atom. The summed E-state index contributed by atoms with van der Waals surface area (Å²) in [6, 6.07) is 156. The van der Waals surface area contributed by atoms with Gasteiger partial charge < -0.3 is 39.9 Å². The van der Waals surface area contributed by atoms with E-state index in [1.165, 1.54) is 22.3 Å². The van der Waals surface area contributed by atoms with Crippen molar-refractivity contribution in [2.75, 3.05) is 0 Å². The van der Waals surface area contributed by atoms with Crippen LogP contribution >= 0.6 is 0 Å². The third-order valence-electron chi connectivity index (χ3n) is 17.8. The normalized spacial score (nSPS) is 9.70. The van der Waals surface area contributed by atoms with Gasteiger partial charge in [-0.15, -0.1) is 275 Å². The standard InChI is InChI=1S/2C17H12N.C16H11N2.C15H10N3.C12H10N.3C11H8N.4Ir/c2*1-3-7-14(8-4-1)16-11-12-18-17(13-16)15-9-5-2-6-10-15;1-3-10-17-15(8-1)13-6-5-7-14(12-13)16-9-2-4-11-18-16;1-2-8-16-14(7-1)12-5-3-6-13(11-12)15-17-9-4-10-18-15;1-10-6-5-9-12(13-10)11-7-3-2-4-8-11;3*1-2-6-10(7-3-1)11-8-4-5-9-12-11;;;;/h2*1-9,11-13H;1-6,8-12H;1-4,6-11H;2-7,9H,1H3;3*1-6,8-9H;;;;/q8*-1;;;;. The summed E-state index contributed by atoms with van der Waals surface area (Å²) in [7, 11) is 0. The Labute approximate surface area is 786 Å². The van der Waals surface area contributed by atoms with Crippen molar-refractivity contribution in [1.29, 1.82) is 0 Å². The molecule has 0 aliphatic rings. The third kappa shape index (κ3) is 31.0. The molecule has 0 saturated carbocycles. The number of hydrogen-bond donors (Lipinski definition) is 0. The van der Waals surface area contributed by atoms with Crippen molar-refractivity contribution >= 4 is 0 Å². The van der Waals surface area contributed by atoms with Gasteiger partial charge in [0.25, 0.3) is 0 Å². The van der Waals surface area contributed by atoms with E-state index in [1.54, 1.807) is 55.6 Å². The van der Waals surface area contributed by atoms with Crippen LogP contribution in [0.4, 0.5) is 0 Å². The van der Waals surface area contributed by atoms with Crippen LogP contribution in [0.25, 0.3) is 135 Å². The fourth-order valence-electron chi connectivity index (χ4n) is 11.9. The molecule has 0 N–H and O–H groups in total. The van der Waals surface area contributed by atoms with E-state index in [1.807, 2.05) is 371 Å². The maximum Gasteiger partial charge on any atom is 0.140 e. The van der Waals surface area contributed by atoms with Crippen LogP contribution in [-0.4, -0.2) is 54.8 Å². The Morgan fingerprint density at radius 1 is 0.160 bits per heavy atom. The van der Waals surface area contributed by atoms with Gasteiger partial charge in [-0.3, -0.25) is 4.98 Å². The summed E-state index contributed by atoms with van der Waals surface area (Å²) in [6.07, 6.45) is 17.9. The minimum Gasteiger partial charge on any atom is -0.305 e. The van der Waals surface area contributed by atoms with Gasteiger partial charge in [0.2, 0.25) is 0 Å². The number of rotatable bonds is 12. The summed E-state index contributed by atoms with van der Waals surface area (Å²) in [5.41, 5.74) is 24.6. The molecule has 0 aliphatic carbocycles. The molecule has 0 saturated heterocycles. The monoisotopic (exact) mass is 2330 g/mol. The van der Waals surface area contributed by atoms with Crippen molar-refractivity contribution in [2.45, 2.75) is 6.92 Å². The first-order valence-electron chi connectivity index (χ1n) is 39.1. The number of hydrogen-bond acceptors (Lipinski definition) is 11. The number of pyridine rings is 9. The Bertz CT molecular complexity index is 5300. The van der Waals surface area contributed by atoms with E-state index in [-0.39, 0.29) is 80.4 Å². The Balaban J connectivity index is 0.000000162. The van der Waals surface area contributed by atoms with Gasteiger partial charge in [-0.05, 0) is 141 Å². The summed E-state index contributed by atoms with van der Waals surface area (Å²) in [5, 5.41) is 0. The van der Waals surface area contributed by atoms with Gasteiger partial charge in [0, 0.05) is 148 Å². The van der Waals surface area contributed by atoms with Crippen molar-refractivity contribution in [1.82, 2.24) is 54.8 Å². The van der Waals surface area contributed by atoms with Crippen molar-refractivity contribution in [2.24, 2.45) is 0 Å². The fourth-order valence-corrected chi connectivity index (χ4v) is 11.9. The van der Waals surface area contributed by atoms with Gasteiger partial charge in [0.1, 0.15) is 5.82 Å². The maximum atomic E-state index is 4.41. The van der Waals surface area contributed by atoms with Gasteiger partial charge in [0.15, 0.2) is 0 Å². The van der Waals surface area contributed by atoms with Crippen LogP contribution < -0.4 is 0 Å².